The third kappa shape index (κ3) is 2.58. The maximum atomic E-state index is 5.68. The summed E-state index contributed by atoms with van der Waals surface area (Å²) in [5.41, 5.74) is 3.55. The van der Waals surface area contributed by atoms with Gasteiger partial charge < -0.3 is 0 Å². The molecule has 0 aliphatic carbocycles. The molecule has 0 bridgehead atoms. The minimum Gasteiger partial charge on any atom is -0.241 e. The number of nitrogens with zero attached hydrogens (tertiary/aromatic N) is 1. The molecule has 0 amide bonds. The molecule has 0 saturated heterocycles. The highest BCUT2D eigenvalue weighted by atomic mass is 35.5. The van der Waals surface area contributed by atoms with Gasteiger partial charge in [-0.2, -0.15) is 0 Å². The van der Waals surface area contributed by atoms with Crippen molar-refractivity contribution >= 4 is 22.9 Å². The highest BCUT2D eigenvalue weighted by Crippen LogP contribution is 2.24. The van der Waals surface area contributed by atoms with Crippen molar-refractivity contribution < 1.29 is 0 Å². The number of hydrogen-bond acceptors (Lipinski definition) is 2. The van der Waals surface area contributed by atoms with Crippen molar-refractivity contribution in [2.45, 2.75) is 13.3 Å². The van der Waals surface area contributed by atoms with Crippen LogP contribution in [0.4, 0.5) is 0 Å². The van der Waals surface area contributed by atoms with E-state index >= 15 is 0 Å². The molecule has 0 fully saturated rings. The highest BCUT2D eigenvalue weighted by Gasteiger charge is 2.03. The maximum Gasteiger partial charge on any atom is 0.123 e. The van der Waals surface area contributed by atoms with Gasteiger partial charge in [0.15, 0.2) is 0 Å². The molecule has 0 spiro atoms. The van der Waals surface area contributed by atoms with Crippen LogP contribution in [0.2, 0.25) is 0 Å². The molecule has 1 aromatic carbocycles. The Morgan fingerprint density at radius 2 is 2.00 bits per heavy atom. The first-order chi connectivity index (χ1) is 7.29. The molecule has 0 N–H and O–H groups in total. The van der Waals surface area contributed by atoms with Crippen LogP contribution in [-0.4, -0.2) is 10.9 Å². The average Bonchev–Trinajstić information content (AvgIpc) is 2.68. The average molecular weight is 238 g/mol. The van der Waals surface area contributed by atoms with Crippen LogP contribution < -0.4 is 0 Å². The number of halogens is 1. The van der Waals surface area contributed by atoms with Crippen molar-refractivity contribution in [1.29, 1.82) is 0 Å². The lowest BCUT2D eigenvalue weighted by atomic mass is 10.2. The van der Waals surface area contributed by atoms with Gasteiger partial charge in [-0.25, -0.2) is 4.98 Å². The van der Waals surface area contributed by atoms with Gasteiger partial charge in [-0.1, -0.05) is 29.8 Å². The highest BCUT2D eigenvalue weighted by molar-refractivity contribution is 7.13. The zero-order valence-electron chi connectivity index (χ0n) is 8.53. The quantitative estimate of drug-likeness (QED) is 0.738. The number of aryl methyl sites for hydroxylation is 2. The van der Waals surface area contributed by atoms with Gasteiger partial charge in [-0.15, -0.1) is 22.9 Å². The van der Waals surface area contributed by atoms with Crippen molar-refractivity contribution in [2.24, 2.45) is 0 Å². The molecule has 0 unspecified atom stereocenters. The number of alkyl halides is 1. The van der Waals surface area contributed by atoms with E-state index in [1.807, 2.05) is 0 Å². The summed E-state index contributed by atoms with van der Waals surface area (Å²) in [6.07, 6.45) is 0.851. The molecule has 3 heteroatoms. The summed E-state index contributed by atoms with van der Waals surface area (Å²) in [5.74, 6) is 0.636. The largest absolute Gasteiger partial charge is 0.241 e. The SMILES string of the molecule is Cc1ccc(-c2nc(CCCl)cs2)cc1. The predicted octanol–water partition coefficient (Wildman–Crippen LogP) is 3.90. The molecule has 0 radical (unpaired) electrons. The van der Waals surface area contributed by atoms with E-state index in [9.17, 15) is 0 Å². The van der Waals surface area contributed by atoms with Crippen molar-refractivity contribution in [2.75, 3.05) is 5.88 Å². The number of aromatic nitrogens is 1. The van der Waals surface area contributed by atoms with Crippen molar-refractivity contribution in [3.8, 4) is 10.6 Å². The number of thiazole rings is 1. The van der Waals surface area contributed by atoms with E-state index in [1.165, 1.54) is 11.1 Å². The second-order valence-electron chi connectivity index (χ2n) is 3.45. The Morgan fingerprint density at radius 1 is 1.27 bits per heavy atom. The predicted molar refractivity (Wildman–Crippen MR) is 66.7 cm³/mol. The van der Waals surface area contributed by atoms with E-state index in [0.29, 0.717) is 5.88 Å². The van der Waals surface area contributed by atoms with E-state index in [4.69, 9.17) is 11.6 Å². The van der Waals surface area contributed by atoms with E-state index in [0.717, 1.165) is 17.1 Å². The lowest BCUT2D eigenvalue weighted by molar-refractivity contribution is 1.07. The van der Waals surface area contributed by atoms with E-state index < -0.39 is 0 Å². The summed E-state index contributed by atoms with van der Waals surface area (Å²) in [6.45, 7) is 2.09. The molecule has 1 heterocycles. The first-order valence-electron chi connectivity index (χ1n) is 4.87. The summed E-state index contributed by atoms with van der Waals surface area (Å²) in [5, 5.41) is 3.16. The standard InChI is InChI=1S/C12H12ClNS/c1-9-2-4-10(5-3-9)12-14-11(6-7-13)8-15-12/h2-5,8H,6-7H2,1H3. The first-order valence-corrected chi connectivity index (χ1v) is 6.28. The fraction of sp³-hybridized carbons (Fsp3) is 0.250. The lowest BCUT2D eigenvalue weighted by Crippen LogP contribution is -1.85. The van der Waals surface area contributed by atoms with E-state index in [2.05, 4.69) is 41.6 Å². The lowest BCUT2D eigenvalue weighted by Gasteiger charge is -1.96. The second-order valence-corrected chi connectivity index (χ2v) is 4.69. The van der Waals surface area contributed by atoms with Gasteiger partial charge in [0.05, 0.1) is 5.69 Å². The summed E-state index contributed by atoms with van der Waals surface area (Å²) in [4.78, 5) is 4.53. The van der Waals surface area contributed by atoms with Gasteiger partial charge in [0.25, 0.3) is 0 Å². The van der Waals surface area contributed by atoms with Gasteiger partial charge in [0, 0.05) is 23.2 Å². The van der Waals surface area contributed by atoms with Crippen molar-refractivity contribution in [3.63, 3.8) is 0 Å². The monoisotopic (exact) mass is 237 g/mol. The fourth-order valence-electron chi connectivity index (χ4n) is 1.35. The summed E-state index contributed by atoms with van der Waals surface area (Å²) < 4.78 is 0. The molecule has 2 rings (SSSR count). The Balaban J connectivity index is 2.25. The van der Waals surface area contributed by atoms with Crippen LogP contribution in [0.15, 0.2) is 29.6 Å². The number of benzene rings is 1. The molecular weight excluding hydrogens is 226 g/mol. The molecule has 1 aromatic heterocycles. The van der Waals surface area contributed by atoms with Crippen LogP contribution in [-0.2, 0) is 6.42 Å². The molecule has 0 aliphatic heterocycles. The van der Waals surface area contributed by atoms with Crippen molar-refractivity contribution in [3.05, 3.63) is 40.9 Å². The second kappa shape index (κ2) is 4.77. The Hall–Kier alpha value is -0.860. The van der Waals surface area contributed by atoms with Gasteiger partial charge in [0.2, 0.25) is 0 Å². The van der Waals surface area contributed by atoms with Crippen LogP contribution in [0.3, 0.4) is 0 Å². The molecule has 2 aromatic rings. The van der Waals surface area contributed by atoms with Crippen molar-refractivity contribution in [1.82, 2.24) is 4.98 Å². The van der Waals surface area contributed by atoms with Gasteiger partial charge >= 0.3 is 0 Å². The van der Waals surface area contributed by atoms with E-state index in [-0.39, 0.29) is 0 Å². The molecule has 15 heavy (non-hydrogen) atoms. The minimum atomic E-state index is 0.636. The Labute approximate surface area is 98.7 Å². The zero-order chi connectivity index (χ0) is 10.7. The van der Waals surface area contributed by atoms with E-state index in [1.54, 1.807) is 11.3 Å². The molecule has 1 nitrogen and oxygen atoms in total. The van der Waals surface area contributed by atoms with Crippen LogP contribution in [0, 0.1) is 6.92 Å². The molecular formula is C12H12ClNS. The molecule has 78 valence electrons. The zero-order valence-corrected chi connectivity index (χ0v) is 10.1. The number of rotatable bonds is 3. The maximum absolute atomic E-state index is 5.68. The van der Waals surface area contributed by atoms with Gasteiger partial charge in [-0.05, 0) is 6.92 Å². The Bertz CT molecular complexity index is 433. The fourth-order valence-corrected chi connectivity index (χ4v) is 2.40. The minimum absolute atomic E-state index is 0.636. The molecule has 0 saturated carbocycles. The van der Waals surface area contributed by atoms with Crippen LogP contribution in [0.1, 0.15) is 11.3 Å². The smallest absolute Gasteiger partial charge is 0.123 e. The van der Waals surface area contributed by atoms with Crippen LogP contribution in [0.25, 0.3) is 10.6 Å². The van der Waals surface area contributed by atoms with Crippen LogP contribution in [0.5, 0.6) is 0 Å². The molecule has 0 atom stereocenters. The summed E-state index contributed by atoms with van der Waals surface area (Å²) >= 11 is 7.36. The number of hydrogen-bond donors (Lipinski definition) is 0. The normalized spacial score (nSPS) is 10.5. The van der Waals surface area contributed by atoms with Gasteiger partial charge in [0.1, 0.15) is 5.01 Å². The van der Waals surface area contributed by atoms with Crippen LogP contribution >= 0.6 is 22.9 Å². The first kappa shape index (κ1) is 10.7. The topological polar surface area (TPSA) is 12.9 Å². The molecule has 0 aliphatic rings. The Kier molecular flexibility index (Phi) is 3.39. The van der Waals surface area contributed by atoms with Gasteiger partial charge in [-0.3, -0.25) is 0 Å². The third-order valence-corrected chi connectivity index (χ3v) is 3.33. The Morgan fingerprint density at radius 3 is 2.67 bits per heavy atom. The third-order valence-electron chi connectivity index (χ3n) is 2.20. The summed E-state index contributed by atoms with van der Waals surface area (Å²) in [6, 6.07) is 8.44. The summed E-state index contributed by atoms with van der Waals surface area (Å²) in [7, 11) is 0.